The molecule has 0 aliphatic heterocycles. The molecule has 0 fully saturated rings. The first-order valence-corrected chi connectivity index (χ1v) is 9.49. The topological polar surface area (TPSA) is 64.8 Å². The number of hydrogen-bond donors (Lipinski definition) is 0. The van der Waals surface area contributed by atoms with Gasteiger partial charge in [-0.15, -0.1) is 0 Å². The third kappa shape index (κ3) is 4.90. The van der Waals surface area contributed by atoms with Gasteiger partial charge in [-0.05, 0) is 56.3 Å². The van der Waals surface area contributed by atoms with E-state index in [1.165, 1.54) is 0 Å². The first-order chi connectivity index (χ1) is 13.9. The Morgan fingerprint density at radius 3 is 2.52 bits per heavy atom. The second-order valence-electron chi connectivity index (χ2n) is 6.73. The quantitative estimate of drug-likeness (QED) is 0.555. The van der Waals surface area contributed by atoms with Crippen molar-refractivity contribution in [3.63, 3.8) is 0 Å². The molecule has 3 aromatic rings. The van der Waals surface area contributed by atoms with Gasteiger partial charge >= 0.3 is 0 Å². The number of aryl methyl sites for hydroxylation is 2. The standard InChI is InChI=1S/C22H23ClN2O4/c1-14-20(15(2)29-24-14)13-28-19-8-5-16(6-9-19)22(26)25(3)12-17-11-18(23)7-10-21(17)27-4/h5-11H,12-13H2,1-4H3. The maximum Gasteiger partial charge on any atom is 0.253 e. The van der Waals surface area contributed by atoms with Gasteiger partial charge in [0.05, 0.1) is 18.4 Å². The number of halogens is 1. The van der Waals surface area contributed by atoms with Gasteiger partial charge in [-0.2, -0.15) is 0 Å². The maximum absolute atomic E-state index is 12.8. The van der Waals surface area contributed by atoms with Crippen LogP contribution in [0.15, 0.2) is 47.0 Å². The molecule has 0 aliphatic rings. The fourth-order valence-corrected chi connectivity index (χ4v) is 3.17. The lowest BCUT2D eigenvalue weighted by Crippen LogP contribution is -2.26. The van der Waals surface area contributed by atoms with Crippen LogP contribution in [0.1, 0.15) is 32.9 Å². The lowest BCUT2D eigenvalue weighted by atomic mass is 10.1. The molecule has 0 N–H and O–H groups in total. The van der Waals surface area contributed by atoms with Gasteiger partial charge in [0.25, 0.3) is 5.91 Å². The highest BCUT2D eigenvalue weighted by Crippen LogP contribution is 2.24. The summed E-state index contributed by atoms with van der Waals surface area (Å²) >= 11 is 6.07. The number of rotatable bonds is 7. The van der Waals surface area contributed by atoms with Crippen LogP contribution in [-0.2, 0) is 13.2 Å². The molecule has 1 heterocycles. The molecule has 3 rings (SSSR count). The van der Waals surface area contributed by atoms with Crippen molar-refractivity contribution in [3.05, 3.63) is 75.6 Å². The summed E-state index contributed by atoms with van der Waals surface area (Å²) < 4.78 is 16.3. The molecule has 7 heteroatoms. The zero-order valence-electron chi connectivity index (χ0n) is 16.9. The summed E-state index contributed by atoms with van der Waals surface area (Å²) in [6.45, 7) is 4.47. The van der Waals surface area contributed by atoms with Gasteiger partial charge in [0.2, 0.25) is 0 Å². The van der Waals surface area contributed by atoms with E-state index in [4.69, 9.17) is 25.6 Å². The van der Waals surface area contributed by atoms with Crippen LogP contribution in [0.25, 0.3) is 0 Å². The average molecular weight is 415 g/mol. The summed E-state index contributed by atoms with van der Waals surface area (Å²) in [6, 6.07) is 12.4. The van der Waals surface area contributed by atoms with E-state index < -0.39 is 0 Å². The van der Waals surface area contributed by atoms with Crippen LogP contribution in [0.4, 0.5) is 0 Å². The van der Waals surface area contributed by atoms with E-state index in [1.54, 1.807) is 61.5 Å². The second-order valence-corrected chi connectivity index (χ2v) is 7.17. The number of nitrogens with zero attached hydrogens (tertiary/aromatic N) is 2. The molecular weight excluding hydrogens is 392 g/mol. The van der Waals surface area contributed by atoms with Crippen molar-refractivity contribution < 1.29 is 18.8 Å². The first-order valence-electron chi connectivity index (χ1n) is 9.11. The Kier molecular flexibility index (Phi) is 6.44. The zero-order chi connectivity index (χ0) is 21.0. The van der Waals surface area contributed by atoms with Crippen molar-refractivity contribution >= 4 is 17.5 Å². The molecule has 1 amide bonds. The molecule has 0 saturated carbocycles. The molecule has 0 saturated heterocycles. The molecule has 0 bridgehead atoms. The number of aromatic nitrogens is 1. The van der Waals surface area contributed by atoms with E-state index in [0.717, 1.165) is 22.6 Å². The fourth-order valence-electron chi connectivity index (χ4n) is 2.98. The predicted octanol–water partition coefficient (Wildman–Crippen LogP) is 4.80. The molecule has 0 atom stereocenters. The van der Waals surface area contributed by atoms with E-state index in [9.17, 15) is 4.79 Å². The van der Waals surface area contributed by atoms with Crippen LogP contribution in [0.2, 0.25) is 5.02 Å². The SMILES string of the molecule is COc1ccc(Cl)cc1CN(C)C(=O)c1ccc(OCc2c(C)noc2C)cc1. The molecule has 0 aliphatic carbocycles. The molecular formula is C22H23ClN2O4. The molecule has 6 nitrogen and oxygen atoms in total. The summed E-state index contributed by atoms with van der Waals surface area (Å²) in [6.07, 6.45) is 0. The number of carbonyl (C=O) groups is 1. The van der Waals surface area contributed by atoms with Crippen molar-refractivity contribution in [3.8, 4) is 11.5 Å². The van der Waals surface area contributed by atoms with Crippen LogP contribution in [-0.4, -0.2) is 30.1 Å². The van der Waals surface area contributed by atoms with E-state index in [0.29, 0.717) is 35.2 Å². The number of ether oxygens (including phenoxy) is 2. The van der Waals surface area contributed by atoms with Crippen LogP contribution < -0.4 is 9.47 Å². The molecule has 0 spiro atoms. The smallest absolute Gasteiger partial charge is 0.253 e. The number of methoxy groups -OCH3 is 1. The summed E-state index contributed by atoms with van der Waals surface area (Å²) in [5, 5.41) is 4.51. The number of amides is 1. The van der Waals surface area contributed by atoms with E-state index >= 15 is 0 Å². The highest BCUT2D eigenvalue weighted by molar-refractivity contribution is 6.30. The van der Waals surface area contributed by atoms with Crippen LogP contribution in [0.3, 0.4) is 0 Å². The third-order valence-corrected chi connectivity index (χ3v) is 4.90. The third-order valence-electron chi connectivity index (χ3n) is 4.66. The number of carbonyl (C=O) groups excluding carboxylic acids is 1. The largest absolute Gasteiger partial charge is 0.496 e. The van der Waals surface area contributed by atoms with Gasteiger partial charge in [0.15, 0.2) is 0 Å². The molecule has 0 unspecified atom stereocenters. The Balaban J connectivity index is 1.64. The van der Waals surface area contributed by atoms with Gasteiger partial charge in [0, 0.05) is 29.7 Å². The van der Waals surface area contributed by atoms with Crippen molar-refractivity contribution in [2.24, 2.45) is 0 Å². The van der Waals surface area contributed by atoms with Gasteiger partial charge in [-0.3, -0.25) is 4.79 Å². The lowest BCUT2D eigenvalue weighted by molar-refractivity contribution is 0.0784. The van der Waals surface area contributed by atoms with Gasteiger partial charge in [-0.25, -0.2) is 0 Å². The van der Waals surface area contributed by atoms with E-state index in [-0.39, 0.29) is 5.91 Å². The molecule has 29 heavy (non-hydrogen) atoms. The van der Waals surface area contributed by atoms with Crippen LogP contribution in [0, 0.1) is 13.8 Å². The van der Waals surface area contributed by atoms with Crippen LogP contribution >= 0.6 is 11.6 Å². The zero-order valence-corrected chi connectivity index (χ0v) is 17.6. The maximum atomic E-state index is 12.8. The van der Waals surface area contributed by atoms with Crippen LogP contribution in [0.5, 0.6) is 11.5 Å². The van der Waals surface area contributed by atoms with Crippen molar-refractivity contribution in [1.29, 1.82) is 0 Å². The summed E-state index contributed by atoms with van der Waals surface area (Å²) in [4.78, 5) is 14.4. The van der Waals surface area contributed by atoms with Crippen molar-refractivity contribution in [2.75, 3.05) is 14.2 Å². The summed E-state index contributed by atoms with van der Waals surface area (Å²) in [5.41, 5.74) is 3.15. The number of hydrogen-bond acceptors (Lipinski definition) is 5. The Morgan fingerprint density at radius 2 is 1.90 bits per heavy atom. The normalized spacial score (nSPS) is 10.7. The molecule has 1 aromatic heterocycles. The minimum Gasteiger partial charge on any atom is -0.496 e. The second kappa shape index (κ2) is 9.01. The fraction of sp³-hybridized carbons (Fsp3) is 0.273. The molecule has 152 valence electrons. The Hall–Kier alpha value is -2.99. The molecule has 2 aromatic carbocycles. The highest BCUT2D eigenvalue weighted by atomic mass is 35.5. The molecule has 0 radical (unpaired) electrons. The minimum absolute atomic E-state index is 0.107. The van der Waals surface area contributed by atoms with Gasteiger partial charge in [0.1, 0.15) is 23.9 Å². The Morgan fingerprint density at radius 1 is 1.17 bits per heavy atom. The minimum atomic E-state index is -0.107. The average Bonchev–Trinajstić information content (AvgIpc) is 3.04. The first kappa shape index (κ1) is 20.7. The predicted molar refractivity (Wildman–Crippen MR) is 111 cm³/mol. The van der Waals surface area contributed by atoms with Gasteiger partial charge < -0.3 is 18.9 Å². The summed E-state index contributed by atoms with van der Waals surface area (Å²) in [7, 11) is 3.33. The highest BCUT2D eigenvalue weighted by Gasteiger charge is 2.15. The van der Waals surface area contributed by atoms with E-state index in [2.05, 4.69) is 5.16 Å². The lowest BCUT2D eigenvalue weighted by Gasteiger charge is -2.19. The van der Waals surface area contributed by atoms with Gasteiger partial charge in [-0.1, -0.05) is 16.8 Å². The van der Waals surface area contributed by atoms with Crippen molar-refractivity contribution in [2.45, 2.75) is 27.0 Å². The van der Waals surface area contributed by atoms with E-state index in [1.807, 2.05) is 13.8 Å². The summed E-state index contributed by atoms with van der Waals surface area (Å²) in [5.74, 6) is 1.99. The number of benzene rings is 2. The monoisotopic (exact) mass is 414 g/mol. The Bertz CT molecular complexity index is 979. The van der Waals surface area contributed by atoms with Crippen molar-refractivity contribution in [1.82, 2.24) is 10.1 Å². The Labute approximate surface area is 175 Å².